The van der Waals surface area contributed by atoms with Crippen LogP contribution in [0.1, 0.15) is 32.4 Å². The fraction of sp³-hybridized carbons (Fsp3) is 0.125. The Labute approximate surface area is 177 Å². The van der Waals surface area contributed by atoms with Crippen molar-refractivity contribution in [2.75, 3.05) is 6.54 Å². The summed E-state index contributed by atoms with van der Waals surface area (Å²) in [6, 6.07) is 19.0. The molecule has 1 amide bonds. The number of thiophene rings is 1. The molecule has 4 aromatic rings. The molecule has 0 radical (unpaired) electrons. The number of carbonyl (C=O) groups is 1. The Morgan fingerprint density at radius 1 is 1.03 bits per heavy atom. The van der Waals surface area contributed by atoms with Crippen LogP contribution in [-0.2, 0) is 6.42 Å². The molecule has 0 saturated carbocycles. The van der Waals surface area contributed by atoms with E-state index in [-0.39, 0.29) is 23.1 Å². The van der Waals surface area contributed by atoms with Gasteiger partial charge in [0.05, 0.1) is 6.04 Å². The first-order valence-electron chi connectivity index (χ1n) is 9.78. The first kappa shape index (κ1) is 18.5. The van der Waals surface area contributed by atoms with Gasteiger partial charge in [0, 0.05) is 35.1 Å². The summed E-state index contributed by atoms with van der Waals surface area (Å²) in [6.45, 7) is 0.581. The molecule has 6 heteroatoms. The fourth-order valence-electron chi connectivity index (χ4n) is 4.03. The summed E-state index contributed by atoms with van der Waals surface area (Å²) in [4.78, 5) is 36.3. The maximum absolute atomic E-state index is 13.5. The van der Waals surface area contributed by atoms with Crippen LogP contribution in [0.3, 0.4) is 0 Å². The number of nitrogens with zero attached hydrogens (tertiary/aromatic N) is 2. The molecule has 30 heavy (non-hydrogen) atoms. The van der Waals surface area contributed by atoms with Crippen LogP contribution in [0.4, 0.5) is 0 Å². The minimum Gasteiger partial charge on any atom is -0.327 e. The van der Waals surface area contributed by atoms with E-state index in [1.165, 1.54) is 4.88 Å². The van der Waals surface area contributed by atoms with Gasteiger partial charge in [-0.2, -0.15) is 0 Å². The lowest BCUT2D eigenvalue weighted by atomic mass is 9.92. The molecule has 3 aromatic heterocycles. The number of rotatable bonds is 3. The minimum atomic E-state index is -0.378. The predicted octanol–water partition coefficient (Wildman–Crippen LogP) is 4.29. The summed E-state index contributed by atoms with van der Waals surface area (Å²) < 4.78 is 0. The molecule has 5 nitrogen and oxygen atoms in total. The van der Waals surface area contributed by atoms with Crippen molar-refractivity contribution in [3.05, 3.63) is 110 Å². The average Bonchev–Trinajstić information content (AvgIpc) is 3.28. The molecule has 0 fully saturated rings. The second kappa shape index (κ2) is 7.72. The molecular formula is C24H19N3O2S. The predicted molar refractivity (Wildman–Crippen MR) is 118 cm³/mol. The maximum atomic E-state index is 13.5. The molecule has 0 aliphatic carbocycles. The van der Waals surface area contributed by atoms with Crippen molar-refractivity contribution in [2.24, 2.45) is 0 Å². The Morgan fingerprint density at radius 3 is 2.60 bits per heavy atom. The second-order valence-electron chi connectivity index (χ2n) is 7.21. The Hall–Kier alpha value is -3.51. The Balaban J connectivity index is 1.53. The van der Waals surface area contributed by atoms with E-state index in [1.54, 1.807) is 35.9 Å². The molecule has 1 aliphatic rings. The lowest BCUT2D eigenvalue weighted by Gasteiger charge is -2.36. The Morgan fingerprint density at radius 2 is 1.83 bits per heavy atom. The number of H-pyrrole nitrogens is 1. The van der Waals surface area contributed by atoms with Gasteiger partial charge in [-0.25, -0.2) is 0 Å². The van der Waals surface area contributed by atoms with Crippen LogP contribution in [0.15, 0.2) is 83.2 Å². The summed E-state index contributed by atoms with van der Waals surface area (Å²) >= 11 is 1.73. The van der Waals surface area contributed by atoms with Gasteiger partial charge in [-0.3, -0.25) is 14.6 Å². The number of carbonyl (C=O) groups excluding carboxylic acids is 1. The topological polar surface area (TPSA) is 66.1 Å². The van der Waals surface area contributed by atoms with Gasteiger partial charge >= 0.3 is 0 Å². The lowest BCUT2D eigenvalue weighted by molar-refractivity contribution is 0.0694. The number of benzene rings is 1. The minimum absolute atomic E-state index is 0.160. The van der Waals surface area contributed by atoms with Crippen molar-refractivity contribution in [1.82, 2.24) is 14.9 Å². The molecule has 0 bridgehead atoms. The molecule has 1 aromatic carbocycles. The van der Waals surface area contributed by atoms with Crippen LogP contribution in [0.5, 0.6) is 0 Å². The van der Waals surface area contributed by atoms with E-state index in [4.69, 9.17) is 0 Å². The summed E-state index contributed by atoms with van der Waals surface area (Å²) in [6.07, 6.45) is 4.14. The zero-order valence-corrected chi connectivity index (χ0v) is 16.9. The van der Waals surface area contributed by atoms with Crippen molar-refractivity contribution >= 4 is 17.2 Å². The third-order valence-electron chi connectivity index (χ3n) is 5.47. The van der Waals surface area contributed by atoms with Crippen LogP contribution in [0.2, 0.25) is 0 Å². The van der Waals surface area contributed by atoms with Crippen LogP contribution in [0, 0.1) is 0 Å². The monoisotopic (exact) mass is 413 g/mol. The van der Waals surface area contributed by atoms with Crippen LogP contribution in [0.25, 0.3) is 11.3 Å². The van der Waals surface area contributed by atoms with Gasteiger partial charge in [0.15, 0.2) is 0 Å². The van der Waals surface area contributed by atoms with Crippen molar-refractivity contribution in [3.63, 3.8) is 0 Å². The number of aromatic amines is 1. The zero-order valence-electron chi connectivity index (χ0n) is 16.1. The maximum Gasteiger partial charge on any atom is 0.261 e. The highest BCUT2D eigenvalue weighted by Gasteiger charge is 2.34. The van der Waals surface area contributed by atoms with E-state index >= 15 is 0 Å². The molecular weight excluding hydrogens is 394 g/mol. The van der Waals surface area contributed by atoms with Crippen molar-refractivity contribution < 1.29 is 4.79 Å². The van der Waals surface area contributed by atoms with Gasteiger partial charge in [-0.05, 0) is 53.3 Å². The van der Waals surface area contributed by atoms with Crippen molar-refractivity contribution in [3.8, 4) is 11.3 Å². The van der Waals surface area contributed by atoms with E-state index in [9.17, 15) is 9.59 Å². The quantitative estimate of drug-likeness (QED) is 0.545. The smallest absolute Gasteiger partial charge is 0.261 e. The Kier molecular flexibility index (Phi) is 4.77. The van der Waals surface area contributed by atoms with Gasteiger partial charge in [-0.15, -0.1) is 11.3 Å². The molecule has 1 atom stereocenters. The van der Waals surface area contributed by atoms with Crippen molar-refractivity contribution in [2.45, 2.75) is 12.5 Å². The van der Waals surface area contributed by atoms with Crippen LogP contribution < -0.4 is 5.56 Å². The summed E-state index contributed by atoms with van der Waals surface area (Å²) in [5.74, 6) is -0.247. The molecule has 1 aliphatic heterocycles. The van der Waals surface area contributed by atoms with E-state index in [2.05, 4.69) is 21.4 Å². The number of aromatic nitrogens is 2. The number of fused-ring (bicyclic) bond motifs is 1. The van der Waals surface area contributed by atoms with Gasteiger partial charge in [-0.1, -0.05) is 30.3 Å². The third-order valence-corrected chi connectivity index (χ3v) is 6.47. The first-order valence-corrected chi connectivity index (χ1v) is 10.7. The molecule has 5 rings (SSSR count). The highest BCUT2D eigenvalue weighted by atomic mass is 32.1. The second-order valence-corrected chi connectivity index (χ2v) is 8.21. The largest absolute Gasteiger partial charge is 0.327 e. The molecule has 1 N–H and O–H groups in total. The van der Waals surface area contributed by atoms with Gasteiger partial charge in [0.1, 0.15) is 5.56 Å². The summed E-state index contributed by atoms with van der Waals surface area (Å²) in [5.41, 5.74) is 3.50. The van der Waals surface area contributed by atoms with E-state index in [1.807, 2.05) is 47.4 Å². The van der Waals surface area contributed by atoms with Gasteiger partial charge in [0.25, 0.3) is 11.5 Å². The zero-order chi connectivity index (χ0) is 20.5. The molecule has 0 unspecified atom stereocenters. The number of pyridine rings is 2. The SMILES string of the molecule is O=C(c1ccc(-c2ccncc2)[nH]c1=O)N1CCc2sccc2[C@H]1c1ccccc1. The first-order chi connectivity index (χ1) is 14.7. The standard InChI is InChI=1S/C24H19N3O2S/c28-23-19(6-7-20(26-23)16-8-12-25-13-9-16)24(29)27-14-10-21-18(11-15-30-21)22(27)17-4-2-1-3-5-17/h1-9,11-13,15,22H,10,14H2,(H,26,28)/t22-/m1/s1. The molecule has 4 heterocycles. The fourth-order valence-corrected chi connectivity index (χ4v) is 4.93. The third kappa shape index (κ3) is 3.25. The summed E-state index contributed by atoms with van der Waals surface area (Å²) in [5, 5.41) is 2.07. The van der Waals surface area contributed by atoms with E-state index in [0.717, 1.165) is 23.1 Å². The van der Waals surface area contributed by atoms with Gasteiger partial charge in [0.2, 0.25) is 0 Å². The average molecular weight is 414 g/mol. The number of nitrogens with one attached hydrogen (secondary N) is 1. The normalized spacial score (nSPS) is 15.6. The molecule has 0 saturated heterocycles. The van der Waals surface area contributed by atoms with E-state index in [0.29, 0.717) is 12.2 Å². The molecule has 0 spiro atoms. The molecule has 148 valence electrons. The van der Waals surface area contributed by atoms with E-state index < -0.39 is 0 Å². The highest BCUT2D eigenvalue weighted by molar-refractivity contribution is 7.10. The number of hydrogen-bond donors (Lipinski definition) is 1. The number of amides is 1. The van der Waals surface area contributed by atoms with Gasteiger partial charge < -0.3 is 9.88 Å². The Bertz CT molecular complexity index is 1250. The van der Waals surface area contributed by atoms with Crippen LogP contribution in [-0.4, -0.2) is 27.3 Å². The highest BCUT2D eigenvalue weighted by Crippen LogP contribution is 2.38. The van der Waals surface area contributed by atoms with Crippen LogP contribution >= 0.6 is 11.3 Å². The summed E-state index contributed by atoms with van der Waals surface area (Å²) in [7, 11) is 0. The van der Waals surface area contributed by atoms with Crippen molar-refractivity contribution in [1.29, 1.82) is 0 Å². The lowest BCUT2D eigenvalue weighted by Crippen LogP contribution is -2.42. The number of hydrogen-bond acceptors (Lipinski definition) is 4.